The van der Waals surface area contributed by atoms with Gasteiger partial charge in [-0.15, -0.1) is 0 Å². The van der Waals surface area contributed by atoms with Crippen LogP contribution < -0.4 is 0 Å². The van der Waals surface area contributed by atoms with Gasteiger partial charge in [-0.1, -0.05) is 0 Å². The van der Waals surface area contributed by atoms with Crippen molar-refractivity contribution in [2.75, 3.05) is 0 Å². The van der Waals surface area contributed by atoms with E-state index in [0.717, 1.165) is 22.8 Å². The van der Waals surface area contributed by atoms with Crippen LogP contribution in [-0.2, 0) is 17.0 Å². The quantitative estimate of drug-likeness (QED) is 0.796. The first-order chi connectivity index (χ1) is 6.91. The van der Waals surface area contributed by atoms with Gasteiger partial charge in [0.15, 0.2) is 5.69 Å². The minimum Gasteiger partial charge on any atom is -0.477 e. The second kappa shape index (κ2) is 3.27. The zero-order valence-electron chi connectivity index (χ0n) is 9.07. The number of carbonyl (C=O) groups is 1. The van der Waals surface area contributed by atoms with E-state index >= 15 is 0 Å². The van der Waals surface area contributed by atoms with Gasteiger partial charge in [0.2, 0.25) is 0 Å². The SMILES string of the molecule is CC(C)(C)n1nc2c(c1C(=O)O)CSC2. The second-order valence-corrected chi connectivity index (χ2v) is 5.64. The summed E-state index contributed by atoms with van der Waals surface area (Å²) in [6.07, 6.45) is 0. The molecule has 0 spiro atoms. The summed E-state index contributed by atoms with van der Waals surface area (Å²) in [5.74, 6) is 0.729. The van der Waals surface area contributed by atoms with Crippen molar-refractivity contribution in [3.05, 3.63) is 17.0 Å². The monoisotopic (exact) mass is 226 g/mol. The molecule has 0 saturated carbocycles. The molecule has 0 bridgehead atoms. The summed E-state index contributed by atoms with van der Waals surface area (Å²) in [5, 5.41) is 13.6. The van der Waals surface area contributed by atoms with Gasteiger partial charge in [0.25, 0.3) is 0 Å². The molecule has 0 atom stereocenters. The number of carboxylic acids is 1. The first kappa shape index (κ1) is 10.5. The molecule has 0 fully saturated rings. The highest BCUT2D eigenvalue weighted by Crippen LogP contribution is 2.33. The Morgan fingerprint density at radius 2 is 2.13 bits per heavy atom. The molecule has 1 aliphatic rings. The zero-order chi connectivity index (χ0) is 11.2. The van der Waals surface area contributed by atoms with Crippen LogP contribution in [0.3, 0.4) is 0 Å². The lowest BCUT2D eigenvalue weighted by atomic mass is 10.1. The van der Waals surface area contributed by atoms with Crippen molar-refractivity contribution < 1.29 is 9.90 Å². The summed E-state index contributed by atoms with van der Waals surface area (Å²) in [6, 6.07) is 0. The smallest absolute Gasteiger partial charge is 0.354 e. The van der Waals surface area contributed by atoms with Crippen molar-refractivity contribution in [1.82, 2.24) is 9.78 Å². The number of thioether (sulfide) groups is 1. The van der Waals surface area contributed by atoms with Gasteiger partial charge in [-0.05, 0) is 20.8 Å². The van der Waals surface area contributed by atoms with E-state index in [4.69, 9.17) is 0 Å². The standard InChI is InChI=1S/C10H14N2O2S/c1-10(2,3)12-8(9(13)14)6-4-15-5-7(6)11-12/h4-5H2,1-3H3,(H,13,14). The Morgan fingerprint density at radius 3 is 2.67 bits per heavy atom. The molecule has 0 amide bonds. The molecular formula is C10H14N2O2S. The fourth-order valence-corrected chi connectivity index (χ4v) is 2.75. The molecule has 82 valence electrons. The maximum absolute atomic E-state index is 11.2. The number of hydrogen-bond acceptors (Lipinski definition) is 3. The lowest BCUT2D eigenvalue weighted by Gasteiger charge is -2.21. The number of carboxylic acid groups (broad SMARTS) is 1. The maximum Gasteiger partial charge on any atom is 0.354 e. The highest BCUT2D eigenvalue weighted by molar-refractivity contribution is 7.98. The Balaban J connectivity index is 2.62. The van der Waals surface area contributed by atoms with Crippen molar-refractivity contribution in [3.63, 3.8) is 0 Å². The van der Waals surface area contributed by atoms with E-state index in [1.807, 2.05) is 20.8 Å². The molecule has 2 rings (SSSR count). The summed E-state index contributed by atoms with van der Waals surface area (Å²) < 4.78 is 1.64. The van der Waals surface area contributed by atoms with E-state index in [2.05, 4.69) is 5.10 Å². The molecule has 0 radical (unpaired) electrons. The van der Waals surface area contributed by atoms with Crippen molar-refractivity contribution in [1.29, 1.82) is 0 Å². The molecule has 0 aromatic carbocycles. The molecule has 0 saturated heterocycles. The normalized spacial score (nSPS) is 15.4. The second-order valence-electron chi connectivity index (χ2n) is 4.65. The molecule has 2 heterocycles. The predicted octanol–water partition coefficient (Wildman–Crippen LogP) is 2.08. The van der Waals surface area contributed by atoms with Gasteiger partial charge in [-0.25, -0.2) is 4.79 Å². The summed E-state index contributed by atoms with van der Waals surface area (Å²) in [6.45, 7) is 5.90. The molecule has 0 unspecified atom stereocenters. The van der Waals surface area contributed by atoms with E-state index < -0.39 is 5.97 Å². The van der Waals surface area contributed by atoms with Crippen LogP contribution in [0.15, 0.2) is 0 Å². The molecule has 1 aliphatic heterocycles. The lowest BCUT2D eigenvalue weighted by molar-refractivity contribution is 0.0674. The van der Waals surface area contributed by atoms with Gasteiger partial charge in [0.1, 0.15) is 0 Å². The van der Waals surface area contributed by atoms with E-state index in [-0.39, 0.29) is 5.54 Å². The van der Waals surface area contributed by atoms with Crippen LogP contribution in [0.1, 0.15) is 42.5 Å². The third kappa shape index (κ3) is 1.65. The van der Waals surface area contributed by atoms with Crippen LogP contribution in [-0.4, -0.2) is 20.9 Å². The summed E-state index contributed by atoms with van der Waals surface area (Å²) in [5.41, 5.74) is 1.93. The fourth-order valence-electron chi connectivity index (χ4n) is 1.72. The molecule has 1 aromatic heterocycles. The summed E-state index contributed by atoms with van der Waals surface area (Å²) in [4.78, 5) is 11.2. The number of fused-ring (bicyclic) bond motifs is 1. The first-order valence-corrected chi connectivity index (χ1v) is 5.99. The maximum atomic E-state index is 11.2. The Bertz CT molecular complexity index is 418. The van der Waals surface area contributed by atoms with E-state index in [9.17, 15) is 9.90 Å². The molecule has 1 aromatic rings. The van der Waals surface area contributed by atoms with E-state index in [1.54, 1.807) is 16.4 Å². The van der Waals surface area contributed by atoms with Gasteiger partial charge < -0.3 is 5.11 Å². The Hall–Kier alpha value is -0.970. The largest absolute Gasteiger partial charge is 0.477 e. The van der Waals surface area contributed by atoms with Crippen molar-refractivity contribution in [2.24, 2.45) is 0 Å². The third-order valence-electron chi connectivity index (χ3n) is 2.39. The average molecular weight is 226 g/mol. The first-order valence-electron chi connectivity index (χ1n) is 4.83. The fraction of sp³-hybridized carbons (Fsp3) is 0.600. The minimum atomic E-state index is -0.874. The Kier molecular flexibility index (Phi) is 2.30. The highest BCUT2D eigenvalue weighted by atomic mass is 32.2. The average Bonchev–Trinajstić information content (AvgIpc) is 2.56. The molecular weight excluding hydrogens is 212 g/mol. The number of aromatic carboxylic acids is 1. The van der Waals surface area contributed by atoms with Crippen LogP contribution in [0.5, 0.6) is 0 Å². The van der Waals surface area contributed by atoms with Crippen LogP contribution >= 0.6 is 11.8 Å². The number of rotatable bonds is 1. The van der Waals surface area contributed by atoms with Gasteiger partial charge in [0, 0.05) is 17.1 Å². The van der Waals surface area contributed by atoms with E-state index in [0.29, 0.717) is 5.69 Å². The van der Waals surface area contributed by atoms with Crippen LogP contribution in [0.4, 0.5) is 0 Å². The van der Waals surface area contributed by atoms with Gasteiger partial charge in [-0.3, -0.25) is 4.68 Å². The van der Waals surface area contributed by atoms with Crippen molar-refractivity contribution >= 4 is 17.7 Å². The summed E-state index contributed by atoms with van der Waals surface area (Å²) >= 11 is 1.72. The van der Waals surface area contributed by atoms with Crippen LogP contribution in [0, 0.1) is 0 Å². The van der Waals surface area contributed by atoms with E-state index in [1.165, 1.54) is 0 Å². The molecule has 4 nitrogen and oxygen atoms in total. The van der Waals surface area contributed by atoms with Crippen molar-refractivity contribution in [2.45, 2.75) is 37.8 Å². The van der Waals surface area contributed by atoms with Gasteiger partial charge in [0.05, 0.1) is 11.2 Å². The third-order valence-corrected chi connectivity index (χ3v) is 3.36. The predicted molar refractivity (Wildman–Crippen MR) is 59.2 cm³/mol. The van der Waals surface area contributed by atoms with Gasteiger partial charge >= 0.3 is 5.97 Å². The minimum absolute atomic E-state index is 0.275. The summed E-state index contributed by atoms with van der Waals surface area (Å²) in [7, 11) is 0. The Labute approximate surface area is 92.7 Å². The molecule has 0 aliphatic carbocycles. The van der Waals surface area contributed by atoms with Gasteiger partial charge in [-0.2, -0.15) is 16.9 Å². The number of hydrogen-bond donors (Lipinski definition) is 1. The lowest BCUT2D eigenvalue weighted by Crippen LogP contribution is -2.27. The van der Waals surface area contributed by atoms with Crippen molar-refractivity contribution in [3.8, 4) is 0 Å². The van der Waals surface area contributed by atoms with Crippen LogP contribution in [0.25, 0.3) is 0 Å². The number of aromatic nitrogens is 2. The zero-order valence-corrected chi connectivity index (χ0v) is 9.89. The number of nitrogens with zero attached hydrogens (tertiary/aromatic N) is 2. The topological polar surface area (TPSA) is 55.1 Å². The molecule has 5 heteroatoms. The van der Waals surface area contributed by atoms with Crippen LogP contribution in [0.2, 0.25) is 0 Å². The Morgan fingerprint density at radius 1 is 1.47 bits per heavy atom. The molecule has 1 N–H and O–H groups in total. The molecule has 15 heavy (non-hydrogen) atoms. The highest BCUT2D eigenvalue weighted by Gasteiger charge is 2.30.